The number of hydrogen-bond acceptors (Lipinski definition) is 7. The highest BCUT2D eigenvalue weighted by molar-refractivity contribution is 7.97. The number of aromatic amines is 1. The van der Waals surface area contributed by atoms with Crippen LogP contribution in [-0.2, 0) is 13.0 Å². The van der Waals surface area contributed by atoms with Crippen LogP contribution in [0, 0.1) is 0 Å². The minimum atomic E-state index is -0.00530. The first-order valence-electron chi connectivity index (χ1n) is 9.65. The fourth-order valence-electron chi connectivity index (χ4n) is 3.63. The first-order chi connectivity index (χ1) is 14.2. The van der Waals surface area contributed by atoms with E-state index < -0.39 is 0 Å². The normalized spacial score (nSPS) is 14.1. The number of fused-ring (bicyclic) bond motifs is 2. The van der Waals surface area contributed by atoms with Crippen molar-refractivity contribution in [3.05, 3.63) is 51.1 Å². The van der Waals surface area contributed by atoms with Crippen molar-refractivity contribution < 1.29 is 9.47 Å². The van der Waals surface area contributed by atoms with Gasteiger partial charge in [0.15, 0.2) is 11.5 Å². The number of hydrogen-bond donors (Lipinski definition) is 2. The molecule has 1 aliphatic heterocycles. The molecule has 2 heterocycles. The lowest BCUT2D eigenvalue weighted by Gasteiger charge is -2.29. The fourth-order valence-corrected chi connectivity index (χ4v) is 5.21. The predicted molar refractivity (Wildman–Crippen MR) is 119 cm³/mol. The molecule has 0 saturated heterocycles. The summed E-state index contributed by atoms with van der Waals surface area (Å²) in [5.74, 6) is 1.61. The Balaban J connectivity index is 1.24. The Morgan fingerprint density at radius 3 is 2.76 bits per heavy atom. The van der Waals surface area contributed by atoms with Crippen LogP contribution in [0.25, 0.3) is 10.2 Å². The highest BCUT2D eigenvalue weighted by Gasteiger charge is 2.19. The molecule has 0 bridgehead atoms. The van der Waals surface area contributed by atoms with E-state index in [0.29, 0.717) is 0 Å². The van der Waals surface area contributed by atoms with Crippen molar-refractivity contribution in [1.82, 2.24) is 14.6 Å². The second kappa shape index (κ2) is 9.21. The molecule has 4 rings (SSSR count). The highest BCUT2D eigenvalue weighted by Crippen LogP contribution is 2.33. The zero-order valence-electron chi connectivity index (χ0n) is 16.6. The van der Waals surface area contributed by atoms with Gasteiger partial charge in [0.25, 0.3) is 0 Å². The van der Waals surface area contributed by atoms with Crippen molar-refractivity contribution >= 4 is 33.5 Å². The molecule has 1 aromatic heterocycles. The van der Waals surface area contributed by atoms with Crippen molar-refractivity contribution in [3.8, 4) is 11.5 Å². The number of benzene rings is 2. The summed E-state index contributed by atoms with van der Waals surface area (Å²) in [6, 6.07) is 10.3. The minimum absolute atomic E-state index is 0.00530. The van der Waals surface area contributed by atoms with E-state index >= 15 is 0 Å². The van der Waals surface area contributed by atoms with E-state index in [0.717, 1.165) is 65.6 Å². The zero-order valence-corrected chi connectivity index (χ0v) is 18.3. The molecule has 0 saturated carbocycles. The standard InChI is InChI=1S/C21H25N3O3S2/c1-26-18-10-14-6-9-24(13-15(14)11-19(18)27-2)8-3-7-22-29-16-4-5-17-20(12-16)28-21(25)23-17/h4-5,10-12,22H,3,6-9,13H2,1-2H3,(H,23,25). The lowest BCUT2D eigenvalue weighted by atomic mass is 9.98. The number of methoxy groups -OCH3 is 2. The Kier molecular flexibility index (Phi) is 6.44. The van der Waals surface area contributed by atoms with E-state index in [1.165, 1.54) is 22.5 Å². The Hall–Kier alpha value is -2.00. The minimum Gasteiger partial charge on any atom is -0.493 e. The van der Waals surface area contributed by atoms with Gasteiger partial charge in [-0.25, -0.2) is 0 Å². The van der Waals surface area contributed by atoms with Gasteiger partial charge in [0.2, 0.25) is 0 Å². The summed E-state index contributed by atoms with van der Waals surface area (Å²) in [6.07, 6.45) is 2.12. The summed E-state index contributed by atoms with van der Waals surface area (Å²) in [6.45, 7) is 4.01. The molecule has 0 aliphatic carbocycles. The summed E-state index contributed by atoms with van der Waals surface area (Å²) in [5.41, 5.74) is 3.59. The van der Waals surface area contributed by atoms with Crippen molar-refractivity contribution in [2.45, 2.75) is 24.3 Å². The van der Waals surface area contributed by atoms with Gasteiger partial charge in [-0.15, -0.1) is 0 Å². The number of aromatic nitrogens is 1. The van der Waals surface area contributed by atoms with Gasteiger partial charge in [-0.1, -0.05) is 11.3 Å². The molecule has 6 nitrogen and oxygen atoms in total. The van der Waals surface area contributed by atoms with Crippen molar-refractivity contribution in [2.75, 3.05) is 33.9 Å². The number of nitrogens with one attached hydrogen (secondary N) is 2. The van der Waals surface area contributed by atoms with Crippen molar-refractivity contribution in [2.24, 2.45) is 0 Å². The summed E-state index contributed by atoms with van der Waals surface area (Å²) in [4.78, 5) is 17.9. The van der Waals surface area contributed by atoms with Gasteiger partial charge in [0.1, 0.15) is 0 Å². The number of nitrogens with zero attached hydrogens (tertiary/aromatic N) is 1. The first-order valence-corrected chi connectivity index (χ1v) is 11.3. The van der Waals surface area contributed by atoms with Crippen LogP contribution in [0.4, 0.5) is 0 Å². The third-order valence-corrected chi connectivity index (χ3v) is 6.82. The number of thiazole rings is 1. The summed E-state index contributed by atoms with van der Waals surface area (Å²) >= 11 is 2.87. The zero-order chi connectivity index (χ0) is 20.2. The molecule has 0 unspecified atom stereocenters. The third kappa shape index (κ3) is 4.78. The lowest BCUT2D eigenvalue weighted by molar-refractivity contribution is 0.250. The highest BCUT2D eigenvalue weighted by atomic mass is 32.2. The number of H-pyrrole nitrogens is 1. The maximum Gasteiger partial charge on any atom is 0.305 e. The van der Waals surface area contributed by atoms with Crippen LogP contribution in [-0.4, -0.2) is 43.7 Å². The first kappa shape index (κ1) is 20.3. The number of rotatable bonds is 8. The van der Waals surface area contributed by atoms with Gasteiger partial charge in [-0.05, 0) is 72.8 Å². The monoisotopic (exact) mass is 431 g/mol. The molecule has 2 N–H and O–H groups in total. The topological polar surface area (TPSA) is 66.6 Å². The van der Waals surface area contributed by atoms with Crippen LogP contribution in [0.5, 0.6) is 11.5 Å². The molecule has 3 aromatic rings. The average Bonchev–Trinajstić information content (AvgIpc) is 3.11. The van der Waals surface area contributed by atoms with E-state index in [1.807, 2.05) is 12.1 Å². The Morgan fingerprint density at radius 1 is 1.17 bits per heavy atom. The molecule has 0 amide bonds. The molecule has 0 spiro atoms. The molecular weight excluding hydrogens is 406 g/mol. The smallest absolute Gasteiger partial charge is 0.305 e. The molecule has 8 heteroatoms. The Bertz CT molecular complexity index is 1050. The second-order valence-corrected chi connectivity index (χ2v) is 9.00. The van der Waals surface area contributed by atoms with E-state index in [1.54, 1.807) is 26.2 Å². The van der Waals surface area contributed by atoms with Crippen LogP contribution in [0.1, 0.15) is 17.5 Å². The average molecular weight is 432 g/mol. The summed E-state index contributed by atoms with van der Waals surface area (Å²) in [7, 11) is 3.37. The van der Waals surface area contributed by atoms with Gasteiger partial charge < -0.3 is 14.5 Å². The van der Waals surface area contributed by atoms with Gasteiger partial charge >= 0.3 is 4.87 Å². The molecule has 0 radical (unpaired) electrons. The van der Waals surface area contributed by atoms with Crippen LogP contribution < -0.4 is 19.1 Å². The molecule has 1 aliphatic rings. The van der Waals surface area contributed by atoms with Gasteiger partial charge in [0.05, 0.1) is 24.4 Å². The van der Waals surface area contributed by atoms with E-state index in [4.69, 9.17) is 9.47 Å². The molecule has 154 valence electrons. The van der Waals surface area contributed by atoms with Crippen LogP contribution in [0.3, 0.4) is 0 Å². The molecular formula is C21H25N3O3S2. The summed E-state index contributed by atoms with van der Waals surface area (Å²) < 4.78 is 15.3. The van der Waals surface area contributed by atoms with E-state index in [-0.39, 0.29) is 4.87 Å². The van der Waals surface area contributed by atoms with Gasteiger partial charge in [0, 0.05) is 24.5 Å². The summed E-state index contributed by atoms with van der Waals surface area (Å²) in [5, 5.41) is 0. The largest absolute Gasteiger partial charge is 0.493 e. The lowest BCUT2D eigenvalue weighted by Crippen LogP contribution is -2.32. The van der Waals surface area contributed by atoms with Crippen LogP contribution in [0.15, 0.2) is 40.0 Å². The Morgan fingerprint density at radius 2 is 1.97 bits per heavy atom. The van der Waals surface area contributed by atoms with E-state index in [9.17, 15) is 4.79 Å². The van der Waals surface area contributed by atoms with Crippen LogP contribution in [0.2, 0.25) is 0 Å². The van der Waals surface area contributed by atoms with Crippen molar-refractivity contribution in [1.29, 1.82) is 0 Å². The Labute approximate surface area is 178 Å². The molecule has 2 aromatic carbocycles. The fraction of sp³-hybridized carbons (Fsp3) is 0.381. The third-order valence-electron chi connectivity index (χ3n) is 5.13. The van der Waals surface area contributed by atoms with Crippen molar-refractivity contribution in [3.63, 3.8) is 0 Å². The maximum absolute atomic E-state index is 11.4. The predicted octanol–water partition coefficient (Wildman–Crippen LogP) is 3.65. The maximum atomic E-state index is 11.4. The van der Waals surface area contributed by atoms with Gasteiger partial charge in [-0.2, -0.15) is 0 Å². The van der Waals surface area contributed by atoms with E-state index in [2.05, 4.69) is 32.8 Å². The molecule has 0 fully saturated rings. The number of ether oxygens (including phenoxy) is 2. The molecule has 29 heavy (non-hydrogen) atoms. The second-order valence-electron chi connectivity index (χ2n) is 7.02. The molecule has 0 atom stereocenters. The SMILES string of the molecule is COc1cc2c(cc1OC)CN(CCCNSc1ccc3[nH]c(=O)sc3c1)CC2. The van der Waals surface area contributed by atoms with Crippen LogP contribution >= 0.6 is 23.3 Å². The quantitative estimate of drug-likeness (QED) is 0.419. The van der Waals surface area contributed by atoms with Gasteiger partial charge in [-0.3, -0.25) is 14.4 Å².